The number of amides is 1. The molecule has 1 saturated heterocycles. The molecule has 2 aromatic heterocycles. The maximum atomic E-state index is 13.1. The lowest BCUT2D eigenvalue weighted by atomic mass is 10.0. The van der Waals surface area contributed by atoms with Crippen molar-refractivity contribution in [3.63, 3.8) is 0 Å². The lowest BCUT2D eigenvalue weighted by Gasteiger charge is -2.24. The van der Waals surface area contributed by atoms with Crippen LogP contribution in [0, 0.1) is 0 Å². The third kappa shape index (κ3) is 2.78. The zero-order chi connectivity index (χ0) is 17.4. The van der Waals surface area contributed by atoms with Gasteiger partial charge in [0.1, 0.15) is 0 Å². The lowest BCUT2D eigenvalue weighted by Crippen LogP contribution is -2.31. The van der Waals surface area contributed by atoms with Gasteiger partial charge in [-0.3, -0.25) is 4.79 Å². The molecule has 25 heavy (non-hydrogen) atoms. The molecule has 6 heteroatoms. The number of carbonyl (C=O) groups excluding carboxylic acids is 1. The summed E-state index contributed by atoms with van der Waals surface area (Å²) in [6.07, 6.45) is 2.25. The number of pyridine rings is 1. The molecule has 1 aromatic carbocycles. The number of likely N-dealkylation sites (tertiary alicyclic amines) is 1. The van der Waals surface area contributed by atoms with Crippen molar-refractivity contribution in [2.24, 2.45) is 0 Å². The Morgan fingerprint density at radius 1 is 1.36 bits per heavy atom. The van der Waals surface area contributed by atoms with E-state index in [1.165, 1.54) is 6.20 Å². The first-order chi connectivity index (χ1) is 12.2. The SMILES string of the molecule is CCc1noc2ncc(C(=O)N3CC(O)CC3c3ccccc3)cc12. The Balaban J connectivity index is 1.69. The average molecular weight is 337 g/mol. The number of carbonyl (C=O) groups is 1. The summed E-state index contributed by atoms with van der Waals surface area (Å²) in [5, 5.41) is 14.9. The fourth-order valence-corrected chi connectivity index (χ4v) is 3.45. The van der Waals surface area contributed by atoms with Crippen molar-refractivity contribution < 1.29 is 14.4 Å². The van der Waals surface area contributed by atoms with Gasteiger partial charge in [0.15, 0.2) is 0 Å². The first-order valence-corrected chi connectivity index (χ1v) is 8.45. The van der Waals surface area contributed by atoms with E-state index in [4.69, 9.17) is 4.52 Å². The van der Waals surface area contributed by atoms with Gasteiger partial charge < -0.3 is 14.5 Å². The highest BCUT2D eigenvalue weighted by Gasteiger charge is 2.35. The fourth-order valence-electron chi connectivity index (χ4n) is 3.45. The van der Waals surface area contributed by atoms with E-state index in [9.17, 15) is 9.90 Å². The predicted molar refractivity (Wildman–Crippen MR) is 92.0 cm³/mol. The van der Waals surface area contributed by atoms with Crippen LogP contribution in [0.3, 0.4) is 0 Å². The van der Waals surface area contributed by atoms with Gasteiger partial charge in [0, 0.05) is 12.7 Å². The van der Waals surface area contributed by atoms with Gasteiger partial charge in [-0.2, -0.15) is 0 Å². The van der Waals surface area contributed by atoms with Crippen molar-refractivity contribution >= 4 is 17.0 Å². The van der Waals surface area contributed by atoms with E-state index < -0.39 is 6.10 Å². The second-order valence-electron chi connectivity index (χ2n) is 6.33. The minimum Gasteiger partial charge on any atom is -0.391 e. The number of benzene rings is 1. The number of fused-ring (bicyclic) bond motifs is 1. The summed E-state index contributed by atoms with van der Waals surface area (Å²) in [4.78, 5) is 19.0. The largest absolute Gasteiger partial charge is 0.391 e. The Bertz CT molecular complexity index is 907. The number of hydrogen-bond acceptors (Lipinski definition) is 5. The molecule has 128 valence electrons. The Hall–Kier alpha value is -2.73. The van der Waals surface area contributed by atoms with Crippen LogP contribution in [0.1, 0.15) is 41.0 Å². The molecule has 6 nitrogen and oxygen atoms in total. The number of aliphatic hydroxyl groups excluding tert-OH is 1. The minimum absolute atomic E-state index is 0.132. The first-order valence-electron chi connectivity index (χ1n) is 8.45. The van der Waals surface area contributed by atoms with Crippen molar-refractivity contribution in [1.29, 1.82) is 0 Å². The summed E-state index contributed by atoms with van der Waals surface area (Å²) >= 11 is 0. The molecule has 1 N–H and O–H groups in total. The van der Waals surface area contributed by atoms with Gasteiger partial charge >= 0.3 is 0 Å². The lowest BCUT2D eigenvalue weighted by molar-refractivity contribution is 0.0715. The number of aryl methyl sites for hydroxylation is 1. The minimum atomic E-state index is -0.521. The molecular formula is C19H19N3O3. The van der Waals surface area contributed by atoms with Crippen molar-refractivity contribution in [2.75, 3.05) is 6.54 Å². The zero-order valence-electron chi connectivity index (χ0n) is 13.9. The zero-order valence-corrected chi connectivity index (χ0v) is 13.9. The van der Waals surface area contributed by atoms with Crippen molar-refractivity contribution in [1.82, 2.24) is 15.0 Å². The van der Waals surface area contributed by atoms with Gasteiger partial charge in [-0.25, -0.2) is 4.98 Å². The van der Waals surface area contributed by atoms with Crippen LogP contribution < -0.4 is 0 Å². The first kappa shape index (κ1) is 15.8. The van der Waals surface area contributed by atoms with E-state index in [0.29, 0.717) is 30.7 Å². The summed E-state index contributed by atoms with van der Waals surface area (Å²) in [6, 6.07) is 11.5. The molecule has 1 fully saturated rings. The Morgan fingerprint density at radius 3 is 2.92 bits per heavy atom. The van der Waals surface area contributed by atoms with Gasteiger partial charge in [0.25, 0.3) is 11.6 Å². The topological polar surface area (TPSA) is 79.5 Å². The van der Waals surface area contributed by atoms with Gasteiger partial charge in [-0.15, -0.1) is 0 Å². The van der Waals surface area contributed by atoms with Gasteiger partial charge in [0.05, 0.1) is 28.8 Å². The number of nitrogens with zero attached hydrogens (tertiary/aromatic N) is 3. The van der Waals surface area contributed by atoms with E-state index in [2.05, 4.69) is 10.1 Å². The number of aromatic nitrogens is 2. The average Bonchev–Trinajstić information content (AvgIpc) is 3.24. The van der Waals surface area contributed by atoms with Crippen LogP contribution >= 0.6 is 0 Å². The summed E-state index contributed by atoms with van der Waals surface area (Å²) < 4.78 is 5.18. The summed E-state index contributed by atoms with van der Waals surface area (Å²) in [6.45, 7) is 2.30. The van der Waals surface area contributed by atoms with Crippen LogP contribution in [0.2, 0.25) is 0 Å². The van der Waals surface area contributed by atoms with Gasteiger partial charge in [0.2, 0.25) is 0 Å². The molecular weight excluding hydrogens is 318 g/mol. The van der Waals surface area contributed by atoms with E-state index in [1.54, 1.807) is 11.0 Å². The molecule has 1 aliphatic rings. The van der Waals surface area contributed by atoms with Gasteiger partial charge in [-0.1, -0.05) is 42.4 Å². The predicted octanol–water partition coefficient (Wildman–Crippen LogP) is 2.73. The second-order valence-corrected chi connectivity index (χ2v) is 6.33. The van der Waals surface area contributed by atoms with E-state index in [-0.39, 0.29) is 11.9 Å². The third-order valence-corrected chi connectivity index (χ3v) is 4.71. The highest BCUT2D eigenvalue weighted by molar-refractivity contribution is 5.97. The van der Waals surface area contributed by atoms with Crippen molar-refractivity contribution in [2.45, 2.75) is 31.9 Å². The Morgan fingerprint density at radius 2 is 2.16 bits per heavy atom. The maximum Gasteiger partial charge on any atom is 0.257 e. The molecule has 0 bridgehead atoms. The molecule has 2 atom stereocenters. The quantitative estimate of drug-likeness (QED) is 0.795. The highest BCUT2D eigenvalue weighted by atomic mass is 16.5. The highest BCUT2D eigenvalue weighted by Crippen LogP contribution is 2.33. The molecule has 0 aliphatic carbocycles. The van der Waals surface area contributed by atoms with Crippen LogP contribution in [0.25, 0.3) is 11.1 Å². The maximum absolute atomic E-state index is 13.1. The van der Waals surface area contributed by atoms with Crippen LogP contribution in [-0.4, -0.2) is 38.7 Å². The standard InChI is InChI=1S/C19H19N3O3/c1-2-16-15-8-13(10-20-18(15)25-21-16)19(24)22-11-14(23)9-17(22)12-6-4-3-5-7-12/h3-8,10,14,17,23H,2,9,11H2,1H3. The van der Waals surface area contributed by atoms with Crippen LogP contribution in [0.15, 0.2) is 47.1 Å². The smallest absolute Gasteiger partial charge is 0.257 e. The van der Waals surface area contributed by atoms with Crippen LogP contribution in [-0.2, 0) is 6.42 Å². The second kappa shape index (κ2) is 6.29. The molecule has 2 unspecified atom stereocenters. The van der Waals surface area contributed by atoms with E-state index in [1.807, 2.05) is 37.3 Å². The molecule has 1 aliphatic heterocycles. The number of aliphatic hydroxyl groups is 1. The molecule has 0 saturated carbocycles. The van der Waals surface area contributed by atoms with E-state index in [0.717, 1.165) is 16.6 Å². The normalized spacial score (nSPS) is 20.3. The van der Waals surface area contributed by atoms with E-state index >= 15 is 0 Å². The number of hydrogen-bond donors (Lipinski definition) is 1. The summed E-state index contributed by atoms with van der Waals surface area (Å²) in [5.41, 5.74) is 2.74. The van der Waals surface area contributed by atoms with Crippen molar-refractivity contribution in [3.05, 3.63) is 59.4 Å². The van der Waals surface area contributed by atoms with Crippen molar-refractivity contribution in [3.8, 4) is 0 Å². The summed E-state index contributed by atoms with van der Waals surface area (Å²) in [7, 11) is 0. The number of β-amino-alcohol motifs (C(OH)–C–C–N with tert-alkyl or cyclic N) is 1. The molecule has 0 spiro atoms. The molecule has 0 radical (unpaired) electrons. The fraction of sp³-hybridized carbons (Fsp3) is 0.316. The molecule has 1 amide bonds. The Labute approximate surface area is 145 Å². The monoisotopic (exact) mass is 337 g/mol. The molecule has 3 aromatic rings. The molecule has 4 rings (SSSR count). The van der Waals surface area contributed by atoms with Crippen LogP contribution in [0.5, 0.6) is 0 Å². The number of rotatable bonds is 3. The van der Waals surface area contributed by atoms with Gasteiger partial charge in [-0.05, 0) is 24.5 Å². The van der Waals surface area contributed by atoms with Crippen LogP contribution in [0.4, 0.5) is 0 Å². The third-order valence-electron chi connectivity index (χ3n) is 4.71. The Kier molecular flexibility index (Phi) is 3.97. The summed E-state index contributed by atoms with van der Waals surface area (Å²) in [5.74, 6) is -0.136. The molecule has 3 heterocycles.